The average molecular weight is 275 g/mol. The molecule has 1 fully saturated rings. The van der Waals surface area contributed by atoms with E-state index in [0.29, 0.717) is 0 Å². The molecule has 1 aromatic rings. The van der Waals surface area contributed by atoms with Crippen molar-refractivity contribution in [3.8, 4) is 0 Å². The van der Waals surface area contributed by atoms with Gasteiger partial charge < -0.3 is 10.1 Å². The molecule has 0 radical (unpaired) electrons. The van der Waals surface area contributed by atoms with Gasteiger partial charge in [-0.15, -0.1) is 0 Å². The van der Waals surface area contributed by atoms with E-state index in [1.165, 1.54) is 0 Å². The SMILES string of the molecule is C[C@@H]1CCC[C@@H](CC(=O)OCc2ccccc2)C(=O)N1. The van der Waals surface area contributed by atoms with Crippen LogP contribution in [0.25, 0.3) is 0 Å². The van der Waals surface area contributed by atoms with Gasteiger partial charge >= 0.3 is 5.97 Å². The maximum atomic E-state index is 11.9. The van der Waals surface area contributed by atoms with Crippen molar-refractivity contribution in [3.63, 3.8) is 0 Å². The summed E-state index contributed by atoms with van der Waals surface area (Å²) in [6.07, 6.45) is 2.87. The summed E-state index contributed by atoms with van der Waals surface area (Å²) in [7, 11) is 0. The number of amides is 1. The van der Waals surface area contributed by atoms with Crippen molar-refractivity contribution in [1.29, 1.82) is 0 Å². The molecule has 0 bridgehead atoms. The van der Waals surface area contributed by atoms with E-state index in [-0.39, 0.29) is 36.9 Å². The number of rotatable bonds is 4. The molecule has 1 N–H and O–H groups in total. The Hall–Kier alpha value is -1.84. The van der Waals surface area contributed by atoms with Gasteiger partial charge in [0, 0.05) is 12.0 Å². The van der Waals surface area contributed by atoms with Crippen LogP contribution in [0.15, 0.2) is 30.3 Å². The summed E-state index contributed by atoms with van der Waals surface area (Å²) >= 11 is 0. The van der Waals surface area contributed by atoms with E-state index in [1.807, 2.05) is 37.3 Å². The van der Waals surface area contributed by atoms with Crippen LogP contribution in [0.5, 0.6) is 0 Å². The Kier molecular flexibility index (Phi) is 5.16. The molecule has 0 aromatic heterocycles. The van der Waals surface area contributed by atoms with E-state index in [2.05, 4.69) is 5.32 Å². The third-order valence-corrected chi connectivity index (χ3v) is 3.60. The van der Waals surface area contributed by atoms with Gasteiger partial charge in [-0.1, -0.05) is 36.8 Å². The molecule has 4 nitrogen and oxygen atoms in total. The molecule has 0 saturated carbocycles. The number of hydrogen-bond donors (Lipinski definition) is 1. The van der Waals surface area contributed by atoms with Crippen molar-refractivity contribution in [2.45, 2.75) is 45.3 Å². The predicted octanol–water partition coefficient (Wildman–Crippen LogP) is 2.42. The molecule has 108 valence electrons. The Labute approximate surface area is 119 Å². The maximum absolute atomic E-state index is 11.9. The Morgan fingerprint density at radius 2 is 2.05 bits per heavy atom. The standard InChI is InChI=1S/C16H21NO3/c1-12-6-5-9-14(16(19)17-12)10-15(18)20-11-13-7-3-2-4-8-13/h2-4,7-8,12,14H,5-6,9-11H2,1H3,(H,17,19)/t12-,14+/m1/s1. The van der Waals surface area contributed by atoms with Gasteiger partial charge in [0.05, 0.1) is 6.42 Å². The van der Waals surface area contributed by atoms with E-state index in [4.69, 9.17) is 4.74 Å². The van der Waals surface area contributed by atoms with Gasteiger partial charge in [-0.25, -0.2) is 0 Å². The molecule has 1 aromatic carbocycles. The molecular weight excluding hydrogens is 254 g/mol. The topological polar surface area (TPSA) is 55.4 Å². The van der Waals surface area contributed by atoms with E-state index in [9.17, 15) is 9.59 Å². The number of ether oxygens (including phenoxy) is 1. The largest absolute Gasteiger partial charge is 0.461 e. The number of carbonyl (C=O) groups is 2. The van der Waals surface area contributed by atoms with Gasteiger partial charge in [-0.3, -0.25) is 9.59 Å². The van der Waals surface area contributed by atoms with Gasteiger partial charge in [0.25, 0.3) is 0 Å². The van der Waals surface area contributed by atoms with E-state index >= 15 is 0 Å². The van der Waals surface area contributed by atoms with Crippen LogP contribution < -0.4 is 5.32 Å². The lowest BCUT2D eigenvalue weighted by atomic mass is 9.99. The van der Waals surface area contributed by atoms with Crippen LogP contribution in [-0.4, -0.2) is 17.9 Å². The van der Waals surface area contributed by atoms with Crippen LogP contribution in [0, 0.1) is 5.92 Å². The second kappa shape index (κ2) is 7.08. The molecule has 1 saturated heterocycles. The van der Waals surface area contributed by atoms with Crippen LogP contribution in [0.2, 0.25) is 0 Å². The molecule has 0 unspecified atom stereocenters. The normalized spacial score (nSPS) is 22.8. The van der Waals surface area contributed by atoms with Crippen LogP contribution in [-0.2, 0) is 20.9 Å². The molecule has 0 spiro atoms. The summed E-state index contributed by atoms with van der Waals surface area (Å²) < 4.78 is 5.23. The van der Waals surface area contributed by atoms with Gasteiger partial charge in [0.1, 0.15) is 6.61 Å². The number of benzene rings is 1. The van der Waals surface area contributed by atoms with E-state index in [0.717, 1.165) is 24.8 Å². The number of hydrogen-bond acceptors (Lipinski definition) is 3. The molecule has 0 aliphatic carbocycles. The predicted molar refractivity (Wildman–Crippen MR) is 75.8 cm³/mol. The maximum Gasteiger partial charge on any atom is 0.306 e. The minimum atomic E-state index is -0.302. The fourth-order valence-corrected chi connectivity index (χ4v) is 2.43. The van der Waals surface area contributed by atoms with Crippen LogP contribution in [0.1, 0.15) is 38.2 Å². The lowest BCUT2D eigenvalue weighted by Gasteiger charge is -2.14. The lowest BCUT2D eigenvalue weighted by molar-refractivity contribution is -0.148. The monoisotopic (exact) mass is 275 g/mol. The summed E-state index contributed by atoms with van der Waals surface area (Å²) in [4.78, 5) is 23.7. The molecule has 1 amide bonds. The Morgan fingerprint density at radius 1 is 1.30 bits per heavy atom. The highest BCUT2D eigenvalue weighted by atomic mass is 16.5. The van der Waals surface area contributed by atoms with Crippen molar-refractivity contribution >= 4 is 11.9 Å². The first-order valence-corrected chi connectivity index (χ1v) is 7.15. The molecule has 20 heavy (non-hydrogen) atoms. The number of carbonyl (C=O) groups excluding carboxylic acids is 2. The zero-order valence-electron chi connectivity index (χ0n) is 11.8. The quantitative estimate of drug-likeness (QED) is 0.859. The molecule has 4 heteroatoms. The fraction of sp³-hybridized carbons (Fsp3) is 0.500. The fourth-order valence-electron chi connectivity index (χ4n) is 2.43. The van der Waals surface area contributed by atoms with Gasteiger partial charge in [0.15, 0.2) is 0 Å². The zero-order valence-corrected chi connectivity index (χ0v) is 11.8. The highest BCUT2D eigenvalue weighted by Crippen LogP contribution is 2.19. The van der Waals surface area contributed by atoms with Crippen molar-refractivity contribution < 1.29 is 14.3 Å². The molecule has 1 aliphatic heterocycles. The third-order valence-electron chi connectivity index (χ3n) is 3.60. The summed E-state index contributed by atoms with van der Waals surface area (Å²) in [6, 6.07) is 9.75. The first kappa shape index (κ1) is 14.6. The molecular formula is C16H21NO3. The van der Waals surface area contributed by atoms with Crippen molar-refractivity contribution in [1.82, 2.24) is 5.32 Å². The van der Waals surface area contributed by atoms with E-state index < -0.39 is 0 Å². The Balaban J connectivity index is 1.80. The van der Waals surface area contributed by atoms with Crippen LogP contribution in [0.3, 0.4) is 0 Å². The van der Waals surface area contributed by atoms with Gasteiger partial charge in [0.2, 0.25) is 5.91 Å². The first-order valence-electron chi connectivity index (χ1n) is 7.15. The minimum Gasteiger partial charge on any atom is -0.461 e. The Morgan fingerprint density at radius 3 is 2.80 bits per heavy atom. The smallest absolute Gasteiger partial charge is 0.306 e. The minimum absolute atomic E-state index is 0.0216. The molecule has 1 heterocycles. The summed E-state index contributed by atoms with van der Waals surface area (Å²) in [5, 5.41) is 2.92. The number of nitrogens with one attached hydrogen (secondary N) is 1. The average Bonchev–Trinajstić information content (AvgIpc) is 2.59. The molecule has 2 atom stereocenters. The van der Waals surface area contributed by atoms with Crippen LogP contribution in [0.4, 0.5) is 0 Å². The van der Waals surface area contributed by atoms with Crippen molar-refractivity contribution in [2.75, 3.05) is 0 Å². The molecule has 1 aliphatic rings. The first-order chi connectivity index (χ1) is 9.65. The lowest BCUT2D eigenvalue weighted by Crippen LogP contribution is -2.35. The van der Waals surface area contributed by atoms with Crippen LogP contribution >= 0.6 is 0 Å². The second-order valence-electron chi connectivity index (χ2n) is 5.39. The summed E-state index contributed by atoms with van der Waals surface area (Å²) in [6.45, 7) is 2.26. The van der Waals surface area contributed by atoms with Gasteiger partial charge in [-0.2, -0.15) is 0 Å². The second-order valence-corrected chi connectivity index (χ2v) is 5.39. The number of esters is 1. The van der Waals surface area contributed by atoms with Gasteiger partial charge in [-0.05, 0) is 25.3 Å². The third kappa shape index (κ3) is 4.37. The Bertz CT molecular complexity index is 458. The van der Waals surface area contributed by atoms with Crippen molar-refractivity contribution in [3.05, 3.63) is 35.9 Å². The highest BCUT2D eigenvalue weighted by molar-refractivity contribution is 5.84. The zero-order chi connectivity index (χ0) is 14.4. The van der Waals surface area contributed by atoms with E-state index in [1.54, 1.807) is 0 Å². The summed E-state index contributed by atoms with van der Waals surface area (Å²) in [5.41, 5.74) is 0.958. The summed E-state index contributed by atoms with van der Waals surface area (Å²) in [5.74, 6) is -0.571. The highest BCUT2D eigenvalue weighted by Gasteiger charge is 2.26. The molecule has 2 rings (SSSR count). The van der Waals surface area contributed by atoms with Crippen molar-refractivity contribution in [2.24, 2.45) is 5.92 Å².